The van der Waals surface area contributed by atoms with Crippen molar-refractivity contribution in [1.82, 2.24) is 10.2 Å². The highest BCUT2D eigenvalue weighted by Crippen LogP contribution is 2.22. The fourth-order valence-corrected chi connectivity index (χ4v) is 2.03. The van der Waals surface area contributed by atoms with Crippen molar-refractivity contribution in [2.75, 3.05) is 39.9 Å². The number of piperidine rings is 1. The van der Waals surface area contributed by atoms with Gasteiger partial charge in [-0.3, -0.25) is 9.69 Å². The lowest BCUT2D eigenvalue weighted by atomic mass is 9.96. The van der Waals surface area contributed by atoms with Gasteiger partial charge in [0.25, 0.3) is 0 Å². The number of halogens is 3. The third kappa shape index (κ3) is 5.68. The largest absolute Gasteiger partial charge is 0.401 e. The molecule has 4 nitrogen and oxygen atoms in total. The molecule has 106 valence electrons. The van der Waals surface area contributed by atoms with Crippen LogP contribution in [-0.2, 0) is 9.53 Å². The minimum absolute atomic E-state index is 0.0845. The van der Waals surface area contributed by atoms with Crippen LogP contribution in [0.3, 0.4) is 0 Å². The lowest BCUT2D eigenvalue weighted by Crippen LogP contribution is -2.44. The Hall–Kier alpha value is -0.820. The van der Waals surface area contributed by atoms with E-state index in [9.17, 15) is 18.0 Å². The minimum atomic E-state index is -4.16. The molecule has 0 spiro atoms. The van der Waals surface area contributed by atoms with Gasteiger partial charge in [-0.25, -0.2) is 0 Å². The summed E-state index contributed by atoms with van der Waals surface area (Å²) in [4.78, 5) is 13.0. The lowest BCUT2D eigenvalue weighted by Gasteiger charge is -2.31. The summed E-state index contributed by atoms with van der Waals surface area (Å²) in [6.45, 7) is 0.644. The maximum atomic E-state index is 12.2. The molecule has 18 heavy (non-hydrogen) atoms. The predicted molar refractivity (Wildman–Crippen MR) is 60.1 cm³/mol. The number of rotatable bonds is 5. The topological polar surface area (TPSA) is 41.6 Å². The summed E-state index contributed by atoms with van der Waals surface area (Å²) in [6, 6.07) is 0. The van der Waals surface area contributed by atoms with Gasteiger partial charge in [-0.1, -0.05) is 0 Å². The van der Waals surface area contributed by atoms with Gasteiger partial charge in [0.1, 0.15) is 0 Å². The zero-order valence-electron chi connectivity index (χ0n) is 10.4. The summed E-state index contributed by atoms with van der Waals surface area (Å²) in [5.74, 6) is -0.259. The van der Waals surface area contributed by atoms with Crippen molar-refractivity contribution >= 4 is 5.91 Å². The summed E-state index contributed by atoms with van der Waals surface area (Å²) in [5.41, 5.74) is 0. The zero-order chi connectivity index (χ0) is 13.6. The average molecular weight is 268 g/mol. The van der Waals surface area contributed by atoms with Crippen LogP contribution in [0.2, 0.25) is 0 Å². The van der Waals surface area contributed by atoms with E-state index in [1.807, 2.05) is 0 Å². The first kappa shape index (κ1) is 15.2. The summed E-state index contributed by atoms with van der Waals surface area (Å²) in [6.07, 6.45) is -3.20. The molecule has 0 aromatic carbocycles. The van der Waals surface area contributed by atoms with E-state index in [-0.39, 0.29) is 11.8 Å². The summed E-state index contributed by atoms with van der Waals surface area (Å²) < 4.78 is 41.3. The van der Waals surface area contributed by atoms with Gasteiger partial charge in [-0.2, -0.15) is 13.2 Å². The number of nitrogens with one attached hydrogen (secondary N) is 1. The van der Waals surface area contributed by atoms with Crippen molar-refractivity contribution in [1.29, 1.82) is 0 Å². The highest BCUT2D eigenvalue weighted by atomic mass is 19.4. The number of likely N-dealkylation sites (tertiary alicyclic amines) is 1. The highest BCUT2D eigenvalue weighted by Gasteiger charge is 2.33. The molecule has 1 heterocycles. The maximum absolute atomic E-state index is 12.2. The Balaban J connectivity index is 2.24. The van der Waals surface area contributed by atoms with Crippen LogP contribution in [0.15, 0.2) is 0 Å². The molecule has 0 aromatic heterocycles. The van der Waals surface area contributed by atoms with Crippen molar-refractivity contribution in [2.45, 2.75) is 19.0 Å². The third-order valence-electron chi connectivity index (χ3n) is 2.97. The fraction of sp³-hybridized carbons (Fsp3) is 0.909. The van der Waals surface area contributed by atoms with Crippen molar-refractivity contribution < 1.29 is 22.7 Å². The number of carbonyl (C=O) groups is 1. The third-order valence-corrected chi connectivity index (χ3v) is 2.97. The molecule has 0 saturated carbocycles. The number of methoxy groups -OCH3 is 1. The second-order valence-corrected chi connectivity index (χ2v) is 4.45. The SMILES string of the molecule is COCCNC(=O)C1CCN(CC(F)(F)F)CC1. The number of nitrogens with zero attached hydrogens (tertiary/aromatic N) is 1. The lowest BCUT2D eigenvalue weighted by molar-refractivity contribution is -0.149. The van der Waals surface area contributed by atoms with E-state index < -0.39 is 12.7 Å². The highest BCUT2D eigenvalue weighted by molar-refractivity contribution is 5.78. The van der Waals surface area contributed by atoms with Crippen LogP contribution in [-0.4, -0.2) is 56.9 Å². The van der Waals surface area contributed by atoms with Crippen molar-refractivity contribution in [2.24, 2.45) is 5.92 Å². The molecular formula is C11H19F3N2O2. The Labute approximate surface area is 104 Å². The van der Waals surface area contributed by atoms with Crippen molar-refractivity contribution in [3.8, 4) is 0 Å². The van der Waals surface area contributed by atoms with Crippen molar-refractivity contribution in [3.05, 3.63) is 0 Å². The maximum Gasteiger partial charge on any atom is 0.401 e. The number of alkyl halides is 3. The summed E-state index contributed by atoms with van der Waals surface area (Å²) in [7, 11) is 1.54. The normalized spacial score (nSPS) is 18.9. The van der Waals surface area contributed by atoms with E-state index in [0.29, 0.717) is 39.1 Å². The number of hydrogen-bond acceptors (Lipinski definition) is 3. The number of amides is 1. The number of hydrogen-bond donors (Lipinski definition) is 1. The number of ether oxygens (including phenoxy) is 1. The van der Waals surface area contributed by atoms with E-state index in [1.165, 1.54) is 4.90 Å². The monoisotopic (exact) mass is 268 g/mol. The van der Waals surface area contributed by atoms with Gasteiger partial charge in [0.15, 0.2) is 0 Å². The Kier molecular flexibility index (Phi) is 5.87. The molecule has 0 unspecified atom stereocenters. The average Bonchev–Trinajstić information content (AvgIpc) is 2.28. The first-order valence-corrected chi connectivity index (χ1v) is 5.98. The van der Waals surface area contributed by atoms with Gasteiger partial charge in [0.2, 0.25) is 5.91 Å². The van der Waals surface area contributed by atoms with Crippen LogP contribution in [0.4, 0.5) is 13.2 Å². The zero-order valence-corrected chi connectivity index (χ0v) is 10.4. The van der Waals surface area contributed by atoms with E-state index in [0.717, 1.165) is 0 Å². The van der Waals surface area contributed by atoms with Crippen LogP contribution >= 0.6 is 0 Å². The Morgan fingerprint density at radius 1 is 1.39 bits per heavy atom. The molecule has 0 bridgehead atoms. The van der Waals surface area contributed by atoms with Gasteiger partial charge in [0.05, 0.1) is 13.2 Å². The first-order chi connectivity index (χ1) is 8.42. The van der Waals surface area contributed by atoms with Crippen LogP contribution < -0.4 is 5.32 Å². The second kappa shape index (κ2) is 6.94. The second-order valence-electron chi connectivity index (χ2n) is 4.45. The molecule has 1 rings (SSSR count). The van der Waals surface area contributed by atoms with E-state index in [4.69, 9.17) is 4.74 Å². The molecule has 0 radical (unpaired) electrons. The van der Waals surface area contributed by atoms with Gasteiger partial charge in [-0.05, 0) is 25.9 Å². The first-order valence-electron chi connectivity index (χ1n) is 5.98. The molecule has 0 aliphatic carbocycles. The molecule has 1 fully saturated rings. The quantitative estimate of drug-likeness (QED) is 0.757. The van der Waals surface area contributed by atoms with Gasteiger partial charge in [0, 0.05) is 19.6 Å². The molecule has 0 atom stereocenters. The predicted octanol–water partition coefficient (Wildman–Crippen LogP) is 1.02. The smallest absolute Gasteiger partial charge is 0.383 e. The molecule has 1 N–H and O–H groups in total. The molecule has 0 aromatic rings. The summed E-state index contributed by atoms with van der Waals surface area (Å²) >= 11 is 0. The van der Waals surface area contributed by atoms with Crippen LogP contribution in [0, 0.1) is 5.92 Å². The Morgan fingerprint density at radius 2 is 2.00 bits per heavy atom. The van der Waals surface area contributed by atoms with Gasteiger partial charge >= 0.3 is 6.18 Å². The van der Waals surface area contributed by atoms with Gasteiger partial charge in [-0.15, -0.1) is 0 Å². The molecular weight excluding hydrogens is 249 g/mol. The minimum Gasteiger partial charge on any atom is -0.383 e. The molecule has 7 heteroatoms. The summed E-state index contributed by atoms with van der Waals surface area (Å²) in [5, 5.41) is 2.71. The molecule has 1 aliphatic rings. The fourth-order valence-electron chi connectivity index (χ4n) is 2.03. The van der Waals surface area contributed by atoms with E-state index in [2.05, 4.69) is 5.32 Å². The Bertz CT molecular complexity index is 264. The van der Waals surface area contributed by atoms with E-state index in [1.54, 1.807) is 7.11 Å². The molecule has 1 amide bonds. The van der Waals surface area contributed by atoms with Crippen molar-refractivity contribution in [3.63, 3.8) is 0 Å². The van der Waals surface area contributed by atoms with Crippen LogP contribution in [0.25, 0.3) is 0 Å². The standard InChI is InChI=1S/C11H19F3N2O2/c1-18-7-4-15-10(17)9-2-5-16(6-3-9)8-11(12,13)14/h9H,2-8H2,1H3,(H,15,17). The van der Waals surface area contributed by atoms with E-state index >= 15 is 0 Å². The molecule has 1 aliphatic heterocycles. The van der Waals surface area contributed by atoms with Gasteiger partial charge < -0.3 is 10.1 Å². The Morgan fingerprint density at radius 3 is 2.50 bits per heavy atom. The number of carbonyl (C=O) groups excluding carboxylic acids is 1. The van der Waals surface area contributed by atoms with Crippen LogP contribution in [0.1, 0.15) is 12.8 Å². The molecule has 1 saturated heterocycles. The van der Waals surface area contributed by atoms with Crippen LogP contribution in [0.5, 0.6) is 0 Å².